The molecule has 0 aliphatic carbocycles. The van der Waals surface area contributed by atoms with Crippen molar-refractivity contribution in [2.45, 2.75) is 4.21 Å². The standard InChI is InChI=1S/C13H10ClN3O3S2/c14-11-5-6-13(21-11)22(19,20)16-8-12(18)17-10-4-2-1-3-9(10)7-15/h1-6,16H,8H2,(H,17,18). The van der Waals surface area contributed by atoms with Crippen LogP contribution in [0, 0.1) is 11.3 Å². The van der Waals surface area contributed by atoms with Crippen LogP contribution in [0.5, 0.6) is 0 Å². The third kappa shape index (κ3) is 4.05. The van der Waals surface area contributed by atoms with Crippen LogP contribution in [0.1, 0.15) is 5.56 Å². The van der Waals surface area contributed by atoms with Gasteiger partial charge in [0.1, 0.15) is 10.3 Å². The zero-order valence-corrected chi connectivity index (χ0v) is 13.4. The Morgan fingerprint density at radius 1 is 1.27 bits per heavy atom. The molecule has 0 unspecified atom stereocenters. The van der Waals surface area contributed by atoms with Crippen LogP contribution < -0.4 is 10.0 Å². The number of hydrogen-bond donors (Lipinski definition) is 2. The molecule has 0 radical (unpaired) electrons. The number of sulfonamides is 1. The summed E-state index contributed by atoms with van der Waals surface area (Å²) in [6.45, 7) is -0.447. The molecule has 0 saturated heterocycles. The van der Waals surface area contributed by atoms with E-state index in [9.17, 15) is 13.2 Å². The second kappa shape index (κ2) is 6.89. The van der Waals surface area contributed by atoms with E-state index in [-0.39, 0.29) is 4.21 Å². The third-order valence-corrected chi connectivity index (χ3v) is 5.68. The monoisotopic (exact) mass is 355 g/mol. The molecular weight excluding hydrogens is 346 g/mol. The van der Waals surface area contributed by atoms with Gasteiger partial charge in [0.15, 0.2) is 0 Å². The minimum absolute atomic E-state index is 0.0303. The Morgan fingerprint density at radius 2 is 2.00 bits per heavy atom. The van der Waals surface area contributed by atoms with Crippen LogP contribution >= 0.6 is 22.9 Å². The summed E-state index contributed by atoms with van der Waals surface area (Å²) in [5.74, 6) is -0.575. The summed E-state index contributed by atoms with van der Waals surface area (Å²) >= 11 is 6.58. The molecule has 0 aliphatic heterocycles. The Morgan fingerprint density at radius 3 is 2.64 bits per heavy atom. The second-order valence-electron chi connectivity index (χ2n) is 4.09. The molecule has 1 aromatic carbocycles. The summed E-state index contributed by atoms with van der Waals surface area (Å²) in [5, 5.41) is 11.4. The van der Waals surface area contributed by atoms with E-state index in [0.29, 0.717) is 15.6 Å². The maximum Gasteiger partial charge on any atom is 0.250 e. The molecule has 9 heteroatoms. The summed E-state index contributed by atoms with van der Waals surface area (Å²) in [6.07, 6.45) is 0. The first-order valence-corrected chi connectivity index (χ1v) is 8.64. The first kappa shape index (κ1) is 16.5. The van der Waals surface area contributed by atoms with Gasteiger partial charge in [-0.15, -0.1) is 11.3 Å². The van der Waals surface area contributed by atoms with Crippen LogP contribution in [-0.4, -0.2) is 20.9 Å². The number of amides is 1. The molecule has 0 atom stereocenters. The minimum Gasteiger partial charge on any atom is -0.324 e. The average molecular weight is 356 g/mol. The molecule has 6 nitrogen and oxygen atoms in total. The number of halogens is 1. The molecule has 22 heavy (non-hydrogen) atoms. The van der Waals surface area contributed by atoms with Crippen molar-refractivity contribution in [2.24, 2.45) is 0 Å². The maximum absolute atomic E-state index is 11.9. The Hall–Kier alpha value is -1.92. The summed E-state index contributed by atoms with van der Waals surface area (Å²) in [4.78, 5) is 11.8. The van der Waals surface area contributed by atoms with Crippen LogP contribution in [0.25, 0.3) is 0 Å². The Bertz CT molecular complexity index is 840. The van der Waals surface area contributed by atoms with Crippen molar-refractivity contribution in [3.63, 3.8) is 0 Å². The molecule has 0 bridgehead atoms. The molecule has 0 spiro atoms. The van der Waals surface area contributed by atoms with Gasteiger partial charge in [-0.25, -0.2) is 13.1 Å². The van der Waals surface area contributed by atoms with Gasteiger partial charge >= 0.3 is 0 Å². The third-order valence-electron chi connectivity index (χ3n) is 2.56. The number of carbonyl (C=O) groups is 1. The number of rotatable bonds is 5. The number of carbonyl (C=O) groups excluding carboxylic acids is 1. The molecule has 2 aromatic rings. The molecule has 0 aliphatic rings. The van der Waals surface area contributed by atoms with Crippen molar-refractivity contribution < 1.29 is 13.2 Å². The first-order chi connectivity index (χ1) is 10.4. The number of nitrogens with one attached hydrogen (secondary N) is 2. The van der Waals surface area contributed by atoms with E-state index < -0.39 is 22.5 Å². The lowest BCUT2D eigenvalue weighted by atomic mass is 10.2. The summed E-state index contributed by atoms with van der Waals surface area (Å²) in [6, 6.07) is 11.2. The highest BCUT2D eigenvalue weighted by Crippen LogP contribution is 2.25. The highest BCUT2D eigenvalue weighted by Gasteiger charge is 2.18. The molecule has 2 rings (SSSR count). The van der Waals surface area contributed by atoms with Crippen molar-refractivity contribution in [1.82, 2.24) is 4.72 Å². The molecule has 1 amide bonds. The highest BCUT2D eigenvalue weighted by atomic mass is 35.5. The molecule has 2 N–H and O–H groups in total. The van der Waals surface area contributed by atoms with Crippen molar-refractivity contribution >= 4 is 44.6 Å². The Kier molecular flexibility index (Phi) is 5.15. The van der Waals surface area contributed by atoms with Crippen LogP contribution in [-0.2, 0) is 14.8 Å². The van der Waals surface area contributed by atoms with E-state index >= 15 is 0 Å². The van der Waals surface area contributed by atoms with E-state index in [2.05, 4.69) is 10.0 Å². The van der Waals surface area contributed by atoms with E-state index in [1.807, 2.05) is 6.07 Å². The summed E-state index contributed by atoms with van der Waals surface area (Å²) < 4.78 is 26.4. The van der Waals surface area contributed by atoms with Crippen LogP contribution in [0.4, 0.5) is 5.69 Å². The maximum atomic E-state index is 11.9. The number of nitriles is 1. The van der Waals surface area contributed by atoms with Crippen molar-refractivity contribution in [3.05, 3.63) is 46.3 Å². The summed E-state index contributed by atoms with van der Waals surface area (Å²) in [7, 11) is -3.78. The van der Waals surface area contributed by atoms with E-state index in [1.54, 1.807) is 24.3 Å². The second-order valence-corrected chi connectivity index (χ2v) is 7.80. The zero-order valence-electron chi connectivity index (χ0n) is 11.0. The van der Waals surface area contributed by atoms with Gasteiger partial charge in [-0.3, -0.25) is 4.79 Å². The molecule has 1 aromatic heterocycles. The predicted molar refractivity (Wildman–Crippen MR) is 84.3 cm³/mol. The van der Waals surface area contributed by atoms with Gasteiger partial charge < -0.3 is 5.32 Å². The lowest BCUT2D eigenvalue weighted by Gasteiger charge is -2.07. The predicted octanol–water partition coefficient (Wildman–Crippen LogP) is 2.19. The minimum atomic E-state index is -3.78. The molecular formula is C13H10ClN3O3S2. The summed E-state index contributed by atoms with van der Waals surface area (Å²) in [5.41, 5.74) is 0.622. The fourth-order valence-corrected chi connectivity index (χ4v) is 4.07. The van der Waals surface area contributed by atoms with Crippen LogP contribution in [0.3, 0.4) is 0 Å². The smallest absolute Gasteiger partial charge is 0.250 e. The SMILES string of the molecule is N#Cc1ccccc1NC(=O)CNS(=O)(=O)c1ccc(Cl)s1. The normalized spacial score (nSPS) is 10.9. The quantitative estimate of drug-likeness (QED) is 0.858. The van der Waals surface area contributed by atoms with Crippen molar-refractivity contribution in [1.29, 1.82) is 5.26 Å². The van der Waals surface area contributed by atoms with Gasteiger partial charge in [-0.1, -0.05) is 23.7 Å². The van der Waals surface area contributed by atoms with Gasteiger partial charge in [0.25, 0.3) is 10.0 Å². The van der Waals surface area contributed by atoms with Crippen molar-refractivity contribution in [3.8, 4) is 6.07 Å². The topological polar surface area (TPSA) is 99.1 Å². The number of nitrogens with zero attached hydrogens (tertiary/aromatic N) is 1. The Balaban J connectivity index is 2.00. The number of thiophene rings is 1. The van der Waals surface area contributed by atoms with Crippen LogP contribution in [0.2, 0.25) is 4.34 Å². The lowest BCUT2D eigenvalue weighted by molar-refractivity contribution is -0.115. The number of anilines is 1. The average Bonchev–Trinajstić information content (AvgIpc) is 2.93. The number of para-hydroxylation sites is 1. The largest absolute Gasteiger partial charge is 0.324 e. The molecule has 114 valence electrons. The highest BCUT2D eigenvalue weighted by molar-refractivity contribution is 7.91. The van der Waals surface area contributed by atoms with Gasteiger partial charge in [0, 0.05) is 0 Å². The number of benzene rings is 1. The van der Waals surface area contributed by atoms with Gasteiger partial charge in [0.05, 0.1) is 22.1 Å². The van der Waals surface area contributed by atoms with E-state index in [4.69, 9.17) is 16.9 Å². The Labute approximate surface area is 136 Å². The molecule has 0 saturated carbocycles. The zero-order chi connectivity index (χ0) is 16.2. The molecule has 1 heterocycles. The number of hydrogen-bond acceptors (Lipinski definition) is 5. The first-order valence-electron chi connectivity index (χ1n) is 5.96. The van der Waals surface area contributed by atoms with Gasteiger partial charge in [-0.2, -0.15) is 5.26 Å². The fraction of sp³-hybridized carbons (Fsp3) is 0.0769. The van der Waals surface area contributed by atoms with Gasteiger partial charge in [-0.05, 0) is 24.3 Å². The molecule has 0 fully saturated rings. The van der Waals surface area contributed by atoms with E-state index in [0.717, 1.165) is 11.3 Å². The van der Waals surface area contributed by atoms with Crippen LogP contribution in [0.15, 0.2) is 40.6 Å². The van der Waals surface area contributed by atoms with E-state index in [1.165, 1.54) is 12.1 Å². The van der Waals surface area contributed by atoms with Gasteiger partial charge in [0.2, 0.25) is 5.91 Å². The van der Waals surface area contributed by atoms with Crippen molar-refractivity contribution in [2.75, 3.05) is 11.9 Å². The fourth-order valence-electron chi connectivity index (χ4n) is 1.56. The lowest BCUT2D eigenvalue weighted by Crippen LogP contribution is -2.32.